The summed E-state index contributed by atoms with van der Waals surface area (Å²) in [5.41, 5.74) is 3.10. The van der Waals surface area contributed by atoms with Crippen molar-refractivity contribution in [1.29, 1.82) is 0 Å². The molecular formula is C29H39N5O3. The van der Waals surface area contributed by atoms with Crippen molar-refractivity contribution in [2.45, 2.75) is 0 Å². The molecule has 2 aromatic carbocycles. The number of hydrogen-bond donors (Lipinski definition) is 2. The molecule has 0 bridgehead atoms. The highest BCUT2D eigenvalue weighted by Gasteiger charge is 2.12. The minimum absolute atomic E-state index is 0.428. The molecular weight excluding hydrogens is 466 g/mol. The van der Waals surface area contributed by atoms with Gasteiger partial charge >= 0.3 is 0 Å². The Morgan fingerprint density at radius 1 is 1.05 bits per heavy atom. The molecule has 0 atom stereocenters. The maximum Gasteiger partial charge on any atom is 0.168 e. The predicted molar refractivity (Wildman–Crippen MR) is 153 cm³/mol. The zero-order chi connectivity index (χ0) is 27.0. The Morgan fingerprint density at radius 3 is 2.35 bits per heavy atom. The van der Waals surface area contributed by atoms with Gasteiger partial charge in [-0.3, -0.25) is 14.5 Å². The second kappa shape index (κ2) is 16.2. The molecule has 2 heterocycles. The minimum atomic E-state index is 0.428. The van der Waals surface area contributed by atoms with Gasteiger partial charge in [-0.2, -0.15) is 0 Å². The number of likely N-dealkylation sites (N-methyl/N-ethyl adjacent to an activating group) is 2. The smallest absolute Gasteiger partial charge is 0.168 e. The number of rotatable bonds is 8. The van der Waals surface area contributed by atoms with Gasteiger partial charge in [0.25, 0.3) is 0 Å². The van der Waals surface area contributed by atoms with Crippen molar-refractivity contribution in [1.82, 2.24) is 20.1 Å². The third-order valence-electron chi connectivity index (χ3n) is 6.01. The van der Waals surface area contributed by atoms with Crippen LogP contribution in [0.3, 0.4) is 0 Å². The van der Waals surface area contributed by atoms with Crippen molar-refractivity contribution in [3.05, 3.63) is 66.9 Å². The Labute approximate surface area is 220 Å². The molecule has 1 fully saturated rings. The monoisotopic (exact) mass is 505 g/mol. The van der Waals surface area contributed by atoms with Crippen LogP contribution in [0.1, 0.15) is 10.5 Å². The van der Waals surface area contributed by atoms with Gasteiger partial charge in [0.05, 0.1) is 18.5 Å². The van der Waals surface area contributed by atoms with Gasteiger partial charge in [0.2, 0.25) is 0 Å². The summed E-state index contributed by atoms with van der Waals surface area (Å²) in [4.78, 5) is 29.2. The van der Waals surface area contributed by atoms with Gasteiger partial charge in [0.15, 0.2) is 6.29 Å². The molecule has 1 aliphatic rings. The van der Waals surface area contributed by atoms with Crippen LogP contribution < -0.4 is 15.4 Å². The molecule has 1 saturated heterocycles. The van der Waals surface area contributed by atoms with Crippen molar-refractivity contribution >= 4 is 29.0 Å². The summed E-state index contributed by atoms with van der Waals surface area (Å²) < 4.78 is 5.40. The molecule has 8 nitrogen and oxygen atoms in total. The average molecular weight is 506 g/mol. The summed E-state index contributed by atoms with van der Waals surface area (Å²) in [5, 5.41) is 8.52. The highest BCUT2D eigenvalue weighted by Crippen LogP contribution is 2.35. The third-order valence-corrected chi connectivity index (χ3v) is 6.01. The normalized spacial score (nSPS) is 13.4. The maximum atomic E-state index is 10.9. The Kier molecular flexibility index (Phi) is 13.0. The van der Waals surface area contributed by atoms with Gasteiger partial charge in [-0.25, -0.2) is 4.98 Å². The first-order valence-electron chi connectivity index (χ1n) is 12.3. The molecule has 0 amide bonds. The Balaban J connectivity index is 0.000000268. The van der Waals surface area contributed by atoms with E-state index in [1.54, 1.807) is 13.2 Å². The van der Waals surface area contributed by atoms with Gasteiger partial charge in [0.1, 0.15) is 17.7 Å². The number of benzene rings is 2. The van der Waals surface area contributed by atoms with Crippen LogP contribution in [0.25, 0.3) is 22.0 Å². The van der Waals surface area contributed by atoms with Crippen molar-refractivity contribution in [3.8, 4) is 17.0 Å². The number of piperazine rings is 1. The summed E-state index contributed by atoms with van der Waals surface area (Å²) in [6.45, 7) is 10.3. The average Bonchev–Trinajstić information content (AvgIpc) is 2.96. The lowest BCUT2D eigenvalue weighted by atomic mass is 10.0. The summed E-state index contributed by atoms with van der Waals surface area (Å²) in [6.07, 6.45) is 2.59. The summed E-state index contributed by atoms with van der Waals surface area (Å²) in [7, 11) is 7.72. The van der Waals surface area contributed by atoms with Crippen molar-refractivity contribution in [3.63, 3.8) is 0 Å². The Bertz CT molecular complexity index is 1130. The molecule has 0 radical (unpaired) electrons. The summed E-state index contributed by atoms with van der Waals surface area (Å²) in [6, 6.07) is 15.5. The molecule has 37 heavy (non-hydrogen) atoms. The third kappa shape index (κ3) is 9.09. The number of carbonyl (C=O) groups excluding carboxylic acids is 2. The maximum absolute atomic E-state index is 10.9. The van der Waals surface area contributed by atoms with E-state index in [0.717, 1.165) is 46.3 Å². The first kappa shape index (κ1) is 29.6. The van der Waals surface area contributed by atoms with Crippen LogP contribution in [-0.2, 0) is 4.79 Å². The molecule has 8 heteroatoms. The molecule has 0 spiro atoms. The number of pyridine rings is 1. The van der Waals surface area contributed by atoms with Crippen LogP contribution in [0, 0.1) is 0 Å². The molecule has 198 valence electrons. The van der Waals surface area contributed by atoms with Gasteiger partial charge in [-0.15, -0.1) is 0 Å². The van der Waals surface area contributed by atoms with Crippen molar-refractivity contribution < 1.29 is 14.3 Å². The fourth-order valence-electron chi connectivity index (χ4n) is 3.91. The van der Waals surface area contributed by atoms with E-state index in [2.05, 4.69) is 45.1 Å². The number of nitrogens with one attached hydrogen (secondary N) is 2. The van der Waals surface area contributed by atoms with Crippen molar-refractivity contribution in [2.24, 2.45) is 0 Å². The fourth-order valence-corrected chi connectivity index (χ4v) is 3.91. The number of nitrogens with zero attached hydrogens (tertiary/aromatic N) is 3. The summed E-state index contributed by atoms with van der Waals surface area (Å²) >= 11 is 0. The van der Waals surface area contributed by atoms with E-state index in [9.17, 15) is 4.79 Å². The highest BCUT2D eigenvalue weighted by molar-refractivity contribution is 5.99. The number of aldehydes is 2. The Morgan fingerprint density at radius 2 is 1.76 bits per heavy atom. The zero-order valence-corrected chi connectivity index (χ0v) is 22.4. The predicted octanol–water partition coefficient (Wildman–Crippen LogP) is 3.59. The van der Waals surface area contributed by atoms with Crippen LogP contribution in [0.2, 0.25) is 0 Å². The zero-order valence-electron chi connectivity index (χ0n) is 22.4. The van der Waals surface area contributed by atoms with E-state index in [0.29, 0.717) is 12.0 Å². The molecule has 0 unspecified atom stereocenters. The van der Waals surface area contributed by atoms with E-state index in [4.69, 9.17) is 9.53 Å². The lowest BCUT2D eigenvalue weighted by Crippen LogP contribution is -2.46. The topological polar surface area (TPSA) is 86.8 Å². The molecule has 2 N–H and O–H groups in total. The largest absolute Gasteiger partial charge is 0.495 e. The number of fused-ring (bicyclic) bond motifs is 1. The number of aromatic nitrogens is 1. The van der Waals surface area contributed by atoms with Crippen LogP contribution >= 0.6 is 0 Å². The second-order valence-corrected chi connectivity index (χ2v) is 8.51. The van der Waals surface area contributed by atoms with Crippen LogP contribution in [0.15, 0.2) is 61.2 Å². The lowest BCUT2D eigenvalue weighted by molar-refractivity contribution is -0.104. The first-order valence-corrected chi connectivity index (χ1v) is 12.3. The van der Waals surface area contributed by atoms with Crippen molar-refractivity contribution in [2.75, 3.05) is 72.8 Å². The van der Waals surface area contributed by atoms with E-state index < -0.39 is 0 Å². The van der Waals surface area contributed by atoms with Crippen LogP contribution in [-0.4, -0.2) is 94.9 Å². The molecule has 1 aliphatic heterocycles. The molecule has 4 rings (SSSR count). The van der Waals surface area contributed by atoms with Gasteiger partial charge < -0.3 is 20.3 Å². The quantitative estimate of drug-likeness (QED) is 0.355. The standard InChI is InChI=1S/C18H16N2O2.C8H19N3.C3H4O/c1-19-18-15-10-13(16-5-3-4-14(11-21)20-16)7-6-12(15)8-9-17(18)22-2;1-9-3-4-11-7-5-10(2)6-8-11;1-2-3-4/h3-11,19H,1-2H3;9H,3-8H2,1-2H3;2-3H,1H2. The van der Waals surface area contributed by atoms with E-state index in [-0.39, 0.29) is 0 Å². The van der Waals surface area contributed by atoms with E-state index in [1.807, 2.05) is 50.5 Å². The number of methoxy groups -OCH3 is 1. The van der Waals surface area contributed by atoms with E-state index >= 15 is 0 Å². The number of allylic oxidation sites excluding steroid dienone is 1. The number of carbonyl (C=O) groups is 2. The number of anilines is 1. The molecule has 0 aliphatic carbocycles. The minimum Gasteiger partial charge on any atom is -0.495 e. The van der Waals surface area contributed by atoms with Gasteiger partial charge in [-0.1, -0.05) is 30.8 Å². The van der Waals surface area contributed by atoms with E-state index in [1.165, 1.54) is 38.8 Å². The second-order valence-electron chi connectivity index (χ2n) is 8.51. The molecule has 3 aromatic rings. The number of hydrogen-bond acceptors (Lipinski definition) is 8. The van der Waals surface area contributed by atoms with Crippen LogP contribution in [0.5, 0.6) is 5.75 Å². The lowest BCUT2D eigenvalue weighted by Gasteiger charge is -2.32. The summed E-state index contributed by atoms with van der Waals surface area (Å²) in [5.74, 6) is 0.793. The number of ether oxygens (including phenoxy) is 1. The molecule has 0 saturated carbocycles. The van der Waals surface area contributed by atoms with Gasteiger partial charge in [0, 0.05) is 57.3 Å². The fraction of sp³-hybridized carbons (Fsp3) is 0.345. The molecule has 1 aromatic heterocycles. The first-order chi connectivity index (χ1) is 18.0. The SMILES string of the molecule is C=CC=O.CNCCN1CCN(C)CC1.CNc1c(OC)ccc2ccc(-c3cccc(C=O)n3)cc12. The van der Waals surface area contributed by atoms with Crippen LogP contribution in [0.4, 0.5) is 5.69 Å². The van der Waals surface area contributed by atoms with Gasteiger partial charge in [-0.05, 0) is 49.8 Å². The highest BCUT2D eigenvalue weighted by atomic mass is 16.5. The Hall–Kier alpha value is -3.59.